The van der Waals surface area contributed by atoms with Crippen molar-refractivity contribution in [3.63, 3.8) is 0 Å². The molecule has 2 aromatic carbocycles. The first-order valence-corrected chi connectivity index (χ1v) is 10.1. The van der Waals surface area contributed by atoms with E-state index in [2.05, 4.69) is 15.2 Å². The average Bonchev–Trinajstić information content (AvgIpc) is 2.70. The molecule has 1 aliphatic heterocycles. The van der Waals surface area contributed by atoms with Crippen LogP contribution in [0.15, 0.2) is 47.5 Å². The first-order chi connectivity index (χ1) is 14.4. The molecule has 0 radical (unpaired) electrons. The third kappa shape index (κ3) is 5.77. The van der Waals surface area contributed by atoms with Crippen molar-refractivity contribution in [2.24, 2.45) is 4.99 Å². The van der Waals surface area contributed by atoms with E-state index >= 15 is 0 Å². The van der Waals surface area contributed by atoms with E-state index in [0.29, 0.717) is 31.7 Å². The van der Waals surface area contributed by atoms with Crippen LogP contribution in [0.4, 0.5) is 8.78 Å². The summed E-state index contributed by atoms with van der Waals surface area (Å²) < 4.78 is 33.4. The van der Waals surface area contributed by atoms with Crippen LogP contribution in [0, 0.1) is 11.6 Å². The fourth-order valence-corrected chi connectivity index (χ4v) is 3.70. The lowest BCUT2D eigenvalue weighted by Crippen LogP contribution is -2.50. The molecule has 0 aromatic heterocycles. The summed E-state index contributed by atoms with van der Waals surface area (Å²) in [6, 6.07) is 11.6. The molecule has 162 valence electrons. The van der Waals surface area contributed by atoms with Crippen LogP contribution >= 0.6 is 0 Å². The van der Waals surface area contributed by atoms with Gasteiger partial charge in [-0.15, -0.1) is 0 Å². The zero-order chi connectivity index (χ0) is 21.7. The van der Waals surface area contributed by atoms with Crippen molar-refractivity contribution in [1.29, 1.82) is 0 Å². The highest BCUT2D eigenvalue weighted by Crippen LogP contribution is 2.25. The summed E-state index contributed by atoms with van der Waals surface area (Å²) >= 11 is 0. The van der Waals surface area contributed by atoms with Crippen LogP contribution in [-0.2, 0) is 17.8 Å². The first kappa shape index (κ1) is 22.2. The van der Waals surface area contributed by atoms with E-state index in [1.165, 1.54) is 18.2 Å². The number of hydrogen-bond acceptors (Lipinski definition) is 3. The Bertz CT molecular complexity index is 870. The molecular weight excluding hydrogens is 386 g/mol. The minimum atomic E-state index is -0.259. The molecule has 2 atom stereocenters. The fourth-order valence-electron chi connectivity index (χ4n) is 3.70. The molecule has 1 N–H and O–H groups in total. The number of halogens is 2. The van der Waals surface area contributed by atoms with E-state index in [9.17, 15) is 8.78 Å². The Morgan fingerprint density at radius 1 is 1.17 bits per heavy atom. The Morgan fingerprint density at radius 2 is 1.90 bits per heavy atom. The normalized spacial score (nSPS) is 20.0. The number of hydrogen-bond donors (Lipinski definition) is 1. The summed E-state index contributed by atoms with van der Waals surface area (Å²) in [6.07, 6.45) is -0.157. The predicted molar refractivity (Wildman–Crippen MR) is 115 cm³/mol. The molecule has 0 saturated carbocycles. The highest BCUT2D eigenvalue weighted by Gasteiger charge is 2.28. The maximum absolute atomic E-state index is 14.0. The number of rotatable bonds is 5. The van der Waals surface area contributed by atoms with E-state index in [0.717, 1.165) is 17.1 Å². The second kappa shape index (κ2) is 10.00. The summed E-state index contributed by atoms with van der Waals surface area (Å²) in [6.45, 7) is 4.43. The van der Waals surface area contributed by atoms with Gasteiger partial charge >= 0.3 is 0 Å². The minimum Gasteiger partial charge on any atom is -0.367 e. The summed E-state index contributed by atoms with van der Waals surface area (Å²) in [4.78, 5) is 8.51. The van der Waals surface area contributed by atoms with Gasteiger partial charge in [0.15, 0.2) is 5.96 Å². The lowest BCUT2D eigenvalue weighted by atomic mass is 10.1. The molecule has 3 rings (SSSR count). The van der Waals surface area contributed by atoms with Gasteiger partial charge in [-0.2, -0.15) is 0 Å². The second-order valence-electron chi connectivity index (χ2n) is 7.96. The van der Waals surface area contributed by atoms with Gasteiger partial charge in [-0.05, 0) is 56.4 Å². The molecule has 1 heterocycles. The zero-order valence-electron chi connectivity index (χ0n) is 18.0. The van der Waals surface area contributed by atoms with E-state index in [-0.39, 0.29) is 23.8 Å². The summed E-state index contributed by atoms with van der Waals surface area (Å²) in [5, 5.41) is 3.38. The van der Waals surface area contributed by atoms with E-state index in [1.807, 2.05) is 32.0 Å². The number of ether oxygens (including phenoxy) is 1. The Morgan fingerprint density at radius 3 is 2.57 bits per heavy atom. The molecule has 5 nitrogen and oxygen atoms in total. The minimum absolute atomic E-state index is 0.00451. The molecule has 0 bridgehead atoms. The maximum atomic E-state index is 14.0. The second-order valence-corrected chi connectivity index (χ2v) is 7.96. The highest BCUT2D eigenvalue weighted by molar-refractivity contribution is 5.80. The molecule has 2 unspecified atom stereocenters. The number of morpholine rings is 1. The summed E-state index contributed by atoms with van der Waals surface area (Å²) in [5.74, 6) is 0.307. The van der Waals surface area contributed by atoms with Crippen molar-refractivity contribution in [2.75, 3.05) is 34.2 Å². The van der Waals surface area contributed by atoms with Gasteiger partial charge < -0.3 is 19.9 Å². The standard InChI is InChI=1S/C23H30F2N4O/c1-16-13-29(15-22(30-16)18-6-8-20(24)9-7-18)23(26-2)27-12-17-5-10-21(25)19(11-17)14-28(3)4/h5-11,16,22H,12-15H2,1-4H3,(H,26,27). The van der Waals surface area contributed by atoms with Crippen molar-refractivity contribution in [3.8, 4) is 0 Å². The number of guanidine groups is 1. The van der Waals surface area contributed by atoms with Crippen molar-refractivity contribution >= 4 is 5.96 Å². The predicted octanol–water partition coefficient (Wildman–Crippen LogP) is 3.56. The van der Waals surface area contributed by atoms with E-state index < -0.39 is 0 Å². The fraction of sp³-hybridized carbons (Fsp3) is 0.435. The van der Waals surface area contributed by atoms with Gasteiger partial charge in [0.25, 0.3) is 0 Å². The highest BCUT2D eigenvalue weighted by atomic mass is 19.1. The third-order valence-electron chi connectivity index (χ3n) is 5.06. The molecule has 0 aliphatic carbocycles. The molecule has 2 aromatic rings. The third-order valence-corrected chi connectivity index (χ3v) is 5.06. The van der Waals surface area contributed by atoms with Crippen molar-refractivity contribution in [2.45, 2.75) is 32.2 Å². The lowest BCUT2D eigenvalue weighted by Gasteiger charge is -2.38. The van der Waals surface area contributed by atoms with Gasteiger partial charge in [0.2, 0.25) is 0 Å². The van der Waals surface area contributed by atoms with Gasteiger partial charge in [0, 0.05) is 32.2 Å². The molecule has 7 heteroatoms. The SMILES string of the molecule is CN=C(NCc1ccc(F)c(CN(C)C)c1)N1CC(C)OC(c2ccc(F)cc2)C1. The van der Waals surface area contributed by atoms with Crippen LogP contribution in [0.2, 0.25) is 0 Å². The largest absolute Gasteiger partial charge is 0.367 e. The van der Waals surface area contributed by atoms with Crippen LogP contribution in [0.3, 0.4) is 0 Å². The number of aliphatic imine (C=N–C) groups is 1. The van der Waals surface area contributed by atoms with Gasteiger partial charge in [0.05, 0.1) is 12.6 Å². The average molecular weight is 417 g/mol. The summed E-state index contributed by atoms with van der Waals surface area (Å²) in [7, 11) is 5.59. The van der Waals surface area contributed by atoms with Gasteiger partial charge in [0.1, 0.15) is 17.7 Å². The van der Waals surface area contributed by atoms with Crippen molar-refractivity contribution < 1.29 is 13.5 Å². The molecule has 0 spiro atoms. The Hall–Kier alpha value is -2.51. The number of nitrogens with one attached hydrogen (secondary N) is 1. The van der Waals surface area contributed by atoms with E-state index in [4.69, 9.17) is 4.74 Å². The van der Waals surface area contributed by atoms with Crippen molar-refractivity contribution in [3.05, 3.63) is 70.8 Å². The first-order valence-electron chi connectivity index (χ1n) is 10.1. The van der Waals surface area contributed by atoms with Crippen LogP contribution in [-0.4, -0.2) is 56.1 Å². The molecule has 1 fully saturated rings. The molecule has 1 saturated heterocycles. The van der Waals surface area contributed by atoms with Crippen LogP contribution in [0.1, 0.15) is 29.7 Å². The number of benzene rings is 2. The Balaban J connectivity index is 1.67. The van der Waals surface area contributed by atoms with E-state index in [1.54, 1.807) is 25.2 Å². The Kier molecular flexibility index (Phi) is 7.39. The quantitative estimate of drug-likeness (QED) is 0.598. The zero-order valence-corrected chi connectivity index (χ0v) is 18.0. The molecule has 0 amide bonds. The Labute approximate surface area is 177 Å². The monoisotopic (exact) mass is 416 g/mol. The molecular formula is C23H30F2N4O. The van der Waals surface area contributed by atoms with Crippen LogP contribution in [0.5, 0.6) is 0 Å². The van der Waals surface area contributed by atoms with Gasteiger partial charge in [-0.1, -0.05) is 18.2 Å². The summed E-state index contributed by atoms with van der Waals surface area (Å²) in [5.41, 5.74) is 2.60. The lowest BCUT2D eigenvalue weighted by molar-refractivity contribution is -0.0605. The topological polar surface area (TPSA) is 40.1 Å². The maximum Gasteiger partial charge on any atom is 0.194 e. The van der Waals surface area contributed by atoms with Crippen LogP contribution in [0.25, 0.3) is 0 Å². The number of nitrogens with zero attached hydrogens (tertiary/aromatic N) is 3. The molecule has 30 heavy (non-hydrogen) atoms. The smallest absolute Gasteiger partial charge is 0.194 e. The van der Waals surface area contributed by atoms with Gasteiger partial charge in [-0.3, -0.25) is 4.99 Å². The van der Waals surface area contributed by atoms with Crippen LogP contribution < -0.4 is 5.32 Å². The van der Waals surface area contributed by atoms with Crippen molar-refractivity contribution in [1.82, 2.24) is 15.1 Å². The molecule has 1 aliphatic rings. The van der Waals surface area contributed by atoms with Gasteiger partial charge in [-0.25, -0.2) is 8.78 Å².